The summed E-state index contributed by atoms with van der Waals surface area (Å²) in [6.45, 7) is 3.92. The lowest BCUT2D eigenvalue weighted by Gasteiger charge is -2.16. The third-order valence-electron chi connectivity index (χ3n) is 2.61. The molecular weight excluding hydrogens is 287 g/mol. The zero-order chi connectivity index (χ0) is 16.0. The fourth-order valence-electron chi connectivity index (χ4n) is 1.53. The van der Waals surface area contributed by atoms with Gasteiger partial charge in [0.2, 0.25) is 5.91 Å². The third-order valence-corrected chi connectivity index (χ3v) is 2.61. The van der Waals surface area contributed by atoms with E-state index in [9.17, 15) is 18.0 Å². The Balaban J connectivity index is 2.89. The van der Waals surface area contributed by atoms with Gasteiger partial charge in [-0.3, -0.25) is 4.79 Å². The van der Waals surface area contributed by atoms with Gasteiger partial charge in [0.15, 0.2) is 0 Å². The SMILES string of the molecule is CCCNC(=O)C(C)Nc1cc(C(F)(F)F)cc(NN)n1. The average Bonchev–Trinajstić information content (AvgIpc) is 2.43. The topological polar surface area (TPSA) is 92.1 Å². The Bertz CT molecular complexity index is 492. The van der Waals surface area contributed by atoms with Crippen molar-refractivity contribution in [2.45, 2.75) is 32.5 Å². The van der Waals surface area contributed by atoms with E-state index < -0.39 is 17.8 Å². The molecule has 1 atom stereocenters. The van der Waals surface area contributed by atoms with Crippen LogP contribution in [0.5, 0.6) is 0 Å². The Hall–Kier alpha value is -2.03. The molecule has 0 aromatic carbocycles. The maximum absolute atomic E-state index is 12.7. The van der Waals surface area contributed by atoms with Crippen LogP contribution in [0.4, 0.5) is 24.8 Å². The fourth-order valence-corrected chi connectivity index (χ4v) is 1.53. The van der Waals surface area contributed by atoms with Gasteiger partial charge in [-0.05, 0) is 25.5 Å². The number of carbonyl (C=O) groups is 1. The summed E-state index contributed by atoms with van der Waals surface area (Å²) in [5, 5.41) is 5.25. The molecule has 118 valence electrons. The smallest absolute Gasteiger partial charge is 0.359 e. The minimum atomic E-state index is -4.53. The zero-order valence-electron chi connectivity index (χ0n) is 11.7. The number of nitrogens with one attached hydrogen (secondary N) is 3. The standard InChI is InChI=1S/C12H18F3N5O/c1-3-4-17-11(21)7(2)18-9-5-8(12(13,14)15)6-10(19-9)20-16/h5-7H,3-4,16H2,1-2H3,(H,17,21)(H2,18,19,20). The molecule has 1 amide bonds. The van der Waals surface area contributed by atoms with Crippen molar-refractivity contribution in [2.24, 2.45) is 5.84 Å². The van der Waals surface area contributed by atoms with Gasteiger partial charge in [0.1, 0.15) is 17.7 Å². The number of rotatable bonds is 6. The van der Waals surface area contributed by atoms with Crippen LogP contribution >= 0.6 is 0 Å². The van der Waals surface area contributed by atoms with E-state index in [1.54, 1.807) is 0 Å². The van der Waals surface area contributed by atoms with E-state index in [0.29, 0.717) is 6.54 Å². The highest BCUT2D eigenvalue weighted by molar-refractivity contribution is 5.83. The van der Waals surface area contributed by atoms with Crippen molar-refractivity contribution >= 4 is 17.5 Å². The molecule has 1 heterocycles. The average molecular weight is 305 g/mol. The van der Waals surface area contributed by atoms with E-state index in [1.165, 1.54) is 6.92 Å². The number of pyridine rings is 1. The first kappa shape index (κ1) is 17.0. The molecule has 0 aliphatic rings. The summed E-state index contributed by atoms with van der Waals surface area (Å²) in [7, 11) is 0. The first-order valence-electron chi connectivity index (χ1n) is 6.38. The summed E-state index contributed by atoms with van der Waals surface area (Å²) >= 11 is 0. The summed E-state index contributed by atoms with van der Waals surface area (Å²) in [6, 6.07) is 0.885. The van der Waals surface area contributed by atoms with E-state index in [2.05, 4.69) is 21.0 Å². The molecule has 21 heavy (non-hydrogen) atoms. The quantitative estimate of drug-likeness (QED) is 0.474. The van der Waals surface area contributed by atoms with E-state index in [-0.39, 0.29) is 17.5 Å². The number of halogens is 3. The second kappa shape index (κ2) is 7.11. The molecule has 0 saturated heterocycles. The summed E-state index contributed by atoms with van der Waals surface area (Å²) in [5.74, 6) is 4.55. The van der Waals surface area contributed by atoms with Gasteiger partial charge in [-0.15, -0.1) is 0 Å². The number of nitrogen functional groups attached to an aromatic ring is 1. The Morgan fingerprint density at radius 1 is 1.38 bits per heavy atom. The second-order valence-electron chi connectivity index (χ2n) is 4.43. The van der Waals surface area contributed by atoms with Crippen LogP contribution < -0.4 is 21.9 Å². The van der Waals surface area contributed by atoms with Crippen LogP contribution in [-0.2, 0) is 11.0 Å². The number of anilines is 2. The Morgan fingerprint density at radius 3 is 2.52 bits per heavy atom. The summed E-state index contributed by atoms with van der Waals surface area (Å²) in [6.07, 6.45) is -3.76. The number of hydrogen-bond acceptors (Lipinski definition) is 5. The first-order chi connectivity index (χ1) is 9.77. The van der Waals surface area contributed by atoms with Gasteiger partial charge < -0.3 is 16.1 Å². The lowest BCUT2D eigenvalue weighted by atomic mass is 10.2. The zero-order valence-corrected chi connectivity index (χ0v) is 11.7. The molecule has 1 aromatic heterocycles. The van der Waals surface area contributed by atoms with Crippen molar-refractivity contribution in [1.82, 2.24) is 10.3 Å². The highest BCUT2D eigenvalue weighted by Crippen LogP contribution is 2.31. The molecule has 1 rings (SSSR count). The van der Waals surface area contributed by atoms with E-state index >= 15 is 0 Å². The Morgan fingerprint density at radius 2 is 2.00 bits per heavy atom. The molecule has 1 unspecified atom stereocenters. The number of alkyl halides is 3. The molecule has 9 heteroatoms. The summed E-state index contributed by atoms with van der Waals surface area (Å²) < 4.78 is 38.2. The van der Waals surface area contributed by atoms with Crippen LogP contribution in [0, 0.1) is 0 Å². The second-order valence-corrected chi connectivity index (χ2v) is 4.43. The van der Waals surface area contributed by atoms with Crippen molar-refractivity contribution in [2.75, 3.05) is 17.3 Å². The number of hydrazine groups is 1. The highest BCUT2D eigenvalue weighted by Gasteiger charge is 2.32. The van der Waals surface area contributed by atoms with Gasteiger partial charge in [0.05, 0.1) is 5.56 Å². The lowest BCUT2D eigenvalue weighted by Crippen LogP contribution is -2.38. The van der Waals surface area contributed by atoms with Crippen molar-refractivity contribution in [3.05, 3.63) is 17.7 Å². The monoisotopic (exact) mass is 305 g/mol. The Kier molecular flexibility index (Phi) is 5.77. The molecule has 0 bridgehead atoms. The lowest BCUT2D eigenvalue weighted by molar-refractivity contribution is -0.137. The number of carbonyl (C=O) groups excluding carboxylic acids is 1. The van der Waals surface area contributed by atoms with E-state index in [0.717, 1.165) is 18.6 Å². The number of amides is 1. The first-order valence-corrected chi connectivity index (χ1v) is 6.38. The molecular formula is C12H18F3N5O. The number of nitrogens with zero attached hydrogens (tertiary/aromatic N) is 1. The molecule has 0 saturated carbocycles. The van der Waals surface area contributed by atoms with Crippen molar-refractivity contribution in [1.29, 1.82) is 0 Å². The molecule has 0 aliphatic carbocycles. The van der Waals surface area contributed by atoms with Crippen LogP contribution in [-0.4, -0.2) is 23.5 Å². The number of hydrogen-bond donors (Lipinski definition) is 4. The highest BCUT2D eigenvalue weighted by atomic mass is 19.4. The van der Waals surface area contributed by atoms with Crippen LogP contribution in [0.2, 0.25) is 0 Å². The van der Waals surface area contributed by atoms with Crippen LogP contribution in [0.15, 0.2) is 12.1 Å². The minimum Gasteiger partial charge on any atom is -0.359 e. The van der Waals surface area contributed by atoms with Gasteiger partial charge in [0.25, 0.3) is 0 Å². The minimum absolute atomic E-state index is 0.0862. The molecule has 5 N–H and O–H groups in total. The molecule has 0 radical (unpaired) electrons. The van der Waals surface area contributed by atoms with Crippen LogP contribution in [0.3, 0.4) is 0 Å². The van der Waals surface area contributed by atoms with Gasteiger partial charge in [-0.2, -0.15) is 13.2 Å². The van der Waals surface area contributed by atoms with E-state index in [4.69, 9.17) is 5.84 Å². The predicted octanol–water partition coefficient (Wildman–Crippen LogP) is 1.71. The fraction of sp³-hybridized carbons (Fsp3) is 0.500. The van der Waals surface area contributed by atoms with Crippen molar-refractivity contribution < 1.29 is 18.0 Å². The number of aromatic nitrogens is 1. The van der Waals surface area contributed by atoms with Gasteiger partial charge >= 0.3 is 6.18 Å². The van der Waals surface area contributed by atoms with Crippen molar-refractivity contribution in [3.63, 3.8) is 0 Å². The van der Waals surface area contributed by atoms with Gasteiger partial charge in [0, 0.05) is 6.54 Å². The maximum atomic E-state index is 12.7. The third kappa shape index (κ3) is 5.10. The molecule has 1 aromatic rings. The maximum Gasteiger partial charge on any atom is 0.416 e. The molecule has 6 nitrogen and oxygen atoms in total. The molecule has 0 spiro atoms. The molecule has 0 fully saturated rings. The van der Waals surface area contributed by atoms with Crippen LogP contribution in [0.25, 0.3) is 0 Å². The normalized spacial score (nSPS) is 12.7. The molecule has 0 aliphatic heterocycles. The van der Waals surface area contributed by atoms with Crippen LogP contribution in [0.1, 0.15) is 25.8 Å². The number of nitrogens with two attached hydrogens (primary N) is 1. The Labute approximate surface area is 120 Å². The van der Waals surface area contributed by atoms with Crippen molar-refractivity contribution in [3.8, 4) is 0 Å². The largest absolute Gasteiger partial charge is 0.416 e. The predicted molar refractivity (Wildman–Crippen MR) is 73.4 cm³/mol. The summed E-state index contributed by atoms with van der Waals surface area (Å²) in [4.78, 5) is 15.5. The van der Waals surface area contributed by atoms with E-state index in [1.807, 2.05) is 6.92 Å². The van der Waals surface area contributed by atoms with Gasteiger partial charge in [-0.25, -0.2) is 10.8 Å². The van der Waals surface area contributed by atoms with Gasteiger partial charge in [-0.1, -0.05) is 6.92 Å². The summed E-state index contributed by atoms with van der Waals surface area (Å²) in [5.41, 5.74) is 1.16.